The van der Waals surface area contributed by atoms with Crippen molar-refractivity contribution in [1.29, 1.82) is 0 Å². The number of benzene rings is 3. The smallest absolute Gasteiger partial charge is 0.165 e. The van der Waals surface area contributed by atoms with Crippen molar-refractivity contribution in [3.05, 3.63) is 83.7 Å². The van der Waals surface area contributed by atoms with E-state index in [0.29, 0.717) is 17.0 Å². The van der Waals surface area contributed by atoms with Gasteiger partial charge in [-0.15, -0.1) is 0 Å². The molecule has 0 aliphatic carbocycles. The molecule has 1 N–H and O–H groups in total. The number of ether oxygens (including phenoxy) is 1. The third kappa shape index (κ3) is 3.13. The molecule has 0 radical (unpaired) electrons. The summed E-state index contributed by atoms with van der Waals surface area (Å²) >= 11 is 0. The third-order valence-corrected chi connectivity index (χ3v) is 3.97. The van der Waals surface area contributed by atoms with Crippen LogP contribution in [-0.2, 0) is 6.61 Å². The van der Waals surface area contributed by atoms with Gasteiger partial charge in [0.05, 0.1) is 11.0 Å². The Labute approximate surface area is 147 Å². The zero-order valence-corrected chi connectivity index (χ0v) is 13.5. The SMILES string of the molecule is Fc1ccc(COc2ccc(-c3nc4ccccc4[nH]3)cc2F)cc1F. The molecule has 26 heavy (non-hydrogen) atoms. The van der Waals surface area contributed by atoms with Gasteiger partial charge < -0.3 is 9.72 Å². The summed E-state index contributed by atoms with van der Waals surface area (Å²) in [4.78, 5) is 7.56. The molecule has 0 atom stereocenters. The van der Waals surface area contributed by atoms with Gasteiger partial charge in [0.1, 0.15) is 12.4 Å². The van der Waals surface area contributed by atoms with Crippen LogP contribution in [0.5, 0.6) is 5.75 Å². The number of aromatic amines is 1. The molecule has 0 unspecified atom stereocenters. The Hall–Kier alpha value is -3.28. The van der Waals surface area contributed by atoms with Crippen molar-refractivity contribution in [3.8, 4) is 17.1 Å². The Morgan fingerprint density at radius 1 is 0.846 bits per heavy atom. The molecule has 0 spiro atoms. The fourth-order valence-corrected chi connectivity index (χ4v) is 2.65. The predicted octanol–water partition coefficient (Wildman–Crippen LogP) is 5.23. The highest BCUT2D eigenvalue weighted by Gasteiger charge is 2.10. The van der Waals surface area contributed by atoms with Gasteiger partial charge in [-0.3, -0.25) is 0 Å². The zero-order chi connectivity index (χ0) is 18.1. The molecular weight excluding hydrogens is 341 g/mol. The predicted molar refractivity (Wildman–Crippen MR) is 92.2 cm³/mol. The minimum atomic E-state index is -0.966. The van der Waals surface area contributed by atoms with Crippen LogP contribution in [0.4, 0.5) is 13.2 Å². The molecule has 3 nitrogen and oxygen atoms in total. The summed E-state index contributed by atoms with van der Waals surface area (Å²) in [5.74, 6) is -1.89. The molecule has 6 heteroatoms. The van der Waals surface area contributed by atoms with Crippen molar-refractivity contribution in [2.75, 3.05) is 0 Å². The summed E-state index contributed by atoms with van der Waals surface area (Å²) < 4.78 is 45.8. The number of H-pyrrole nitrogens is 1. The molecule has 0 aliphatic rings. The van der Waals surface area contributed by atoms with Crippen molar-refractivity contribution in [2.24, 2.45) is 0 Å². The van der Waals surface area contributed by atoms with Crippen LogP contribution in [-0.4, -0.2) is 9.97 Å². The van der Waals surface area contributed by atoms with Crippen molar-refractivity contribution in [3.63, 3.8) is 0 Å². The summed E-state index contributed by atoms with van der Waals surface area (Å²) in [6.07, 6.45) is 0. The van der Waals surface area contributed by atoms with Crippen LogP contribution in [0.2, 0.25) is 0 Å². The number of hydrogen-bond acceptors (Lipinski definition) is 2. The van der Waals surface area contributed by atoms with Gasteiger partial charge in [-0.05, 0) is 48.0 Å². The second-order valence-electron chi connectivity index (χ2n) is 5.78. The maximum atomic E-state index is 14.3. The first kappa shape index (κ1) is 16.2. The lowest BCUT2D eigenvalue weighted by molar-refractivity contribution is 0.289. The van der Waals surface area contributed by atoms with E-state index in [1.54, 1.807) is 6.07 Å². The minimum Gasteiger partial charge on any atom is -0.486 e. The lowest BCUT2D eigenvalue weighted by Crippen LogP contribution is -1.99. The van der Waals surface area contributed by atoms with Gasteiger partial charge in [-0.1, -0.05) is 18.2 Å². The van der Waals surface area contributed by atoms with Crippen LogP contribution < -0.4 is 4.74 Å². The first-order valence-corrected chi connectivity index (χ1v) is 7.91. The molecule has 130 valence electrons. The first-order chi connectivity index (χ1) is 12.6. The van der Waals surface area contributed by atoms with Crippen molar-refractivity contribution in [1.82, 2.24) is 9.97 Å². The number of para-hydroxylation sites is 2. The highest BCUT2D eigenvalue weighted by Crippen LogP contribution is 2.26. The number of imidazole rings is 1. The van der Waals surface area contributed by atoms with Crippen molar-refractivity contribution >= 4 is 11.0 Å². The maximum Gasteiger partial charge on any atom is 0.165 e. The number of rotatable bonds is 4. The number of nitrogens with zero attached hydrogens (tertiary/aromatic N) is 1. The second-order valence-corrected chi connectivity index (χ2v) is 5.78. The Bertz CT molecular complexity index is 1060. The van der Waals surface area contributed by atoms with E-state index in [0.717, 1.165) is 23.2 Å². The van der Waals surface area contributed by atoms with Crippen molar-refractivity contribution in [2.45, 2.75) is 6.61 Å². The lowest BCUT2D eigenvalue weighted by atomic mass is 10.2. The molecule has 4 rings (SSSR count). The number of aromatic nitrogens is 2. The van der Waals surface area contributed by atoms with Gasteiger partial charge in [0.2, 0.25) is 0 Å². The zero-order valence-electron chi connectivity index (χ0n) is 13.5. The van der Waals surface area contributed by atoms with E-state index in [-0.39, 0.29) is 12.4 Å². The molecule has 0 fully saturated rings. The van der Waals surface area contributed by atoms with Crippen LogP contribution in [0, 0.1) is 17.5 Å². The number of halogens is 3. The molecule has 0 saturated carbocycles. The van der Waals surface area contributed by atoms with E-state index in [2.05, 4.69) is 9.97 Å². The van der Waals surface area contributed by atoms with Gasteiger partial charge in [0.25, 0.3) is 0 Å². The molecule has 4 aromatic rings. The van der Waals surface area contributed by atoms with E-state index in [1.807, 2.05) is 24.3 Å². The van der Waals surface area contributed by atoms with E-state index in [9.17, 15) is 13.2 Å². The van der Waals surface area contributed by atoms with E-state index < -0.39 is 17.5 Å². The average Bonchev–Trinajstić information content (AvgIpc) is 3.07. The average molecular weight is 354 g/mol. The van der Waals surface area contributed by atoms with Crippen LogP contribution in [0.25, 0.3) is 22.4 Å². The maximum absolute atomic E-state index is 14.3. The van der Waals surface area contributed by atoms with Gasteiger partial charge in [0, 0.05) is 5.56 Å². The molecule has 0 amide bonds. The van der Waals surface area contributed by atoms with Crippen LogP contribution in [0.1, 0.15) is 5.56 Å². The summed E-state index contributed by atoms with van der Waals surface area (Å²) in [5, 5.41) is 0. The summed E-state index contributed by atoms with van der Waals surface area (Å²) in [5.41, 5.74) is 2.65. The van der Waals surface area contributed by atoms with Gasteiger partial charge >= 0.3 is 0 Å². The minimum absolute atomic E-state index is 0.0228. The fraction of sp³-hybridized carbons (Fsp3) is 0.0500. The molecule has 0 aliphatic heterocycles. The fourth-order valence-electron chi connectivity index (χ4n) is 2.65. The number of fused-ring (bicyclic) bond motifs is 1. The normalized spacial score (nSPS) is 11.0. The highest BCUT2D eigenvalue weighted by molar-refractivity contribution is 5.79. The molecule has 1 aromatic heterocycles. The van der Waals surface area contributed by atoms with Gasteiger partial charge in [-0.25, -0.2) is 18.2 Å². The first-order valence-electron chi connectivity index (χ1n) is 7.91. The van der Waals surface area contributed by atoms with Crippen LogP contribution >= 0.6 is 0 Å². The van der Waals surface area contributed by atoms with E-state index >= 15 is 0 Å². The lowest BCUT2D eigenvalue weighted by Gasteiger charge is -2.08. The molecule has 0 saturated heterocycles. The van der Waals surface area contributed by atoms with Crippen LogP contribution in [0.3, 0.4) is 0 Å². The second kappa shape index (κ2) is 6.55. The highest BCUT2D eigenvalue weighted by atomic mass is 19.2. The molecule has 1 heterocycles. The number of nitrogens with one attached hydrogen (secondary N) is 1. The Morgan fingerprint density at radius 3 is 2.46 bits per heavy atom. The summed E-state index contributed by atoms with van der Waals surface area (Å²) in [6.45, 7) is -0.0713. The van der Waals surface area contributed by atoms with Gasteiger partial charge in [0.15, 0.2) is 23.2 Å². The molecule has 0 bridgehead atoms. The monoisotopic (exact) mass is 354 g/mol. The Kier molecular flexibility index (Phi) is 4.08. The largest absolute Gasteiger partial charge is 0.486 e. The Morgan fingerprint density at radius 2 is 1.69 bits per heavy atom. The summed E-state index contributed by atoms with van der Waals surface area (Å²) in [6, 6.07) is 15.4. The Balaban J connectivity index is 1.54. The van der Waals surface area contributed by atoms with E-state index in [4.69, 9.17) is 4.74 Å². The van der Waals surface area contributed by atoms with Gasteiger partial charge in [-0.2, -0.15) is 0 Å². The quantitative estimate of drug-likeness (QED) is 0.545. The van der Waals surface area contributed by atoms with E-state index in [1.165, 1.54) is 18.2 Å². The number of hydrogen-bond donors (Lipinski definition) is 1. The standard InChI is InChI=1S/C20H13F3N2O/c21-14-7-5-12(9-15(14)22)11-26-19-8-6-13(10-16(19)23)20-24-17-3-1-2-4-18(17)25-20/h1-10H,11H2,(H,24,25). The molecular formula is C20H13F3N2O. The van der Waals surface area contributed by atoms with Crippen molar-refractivity contribution < 1.29 is 17.9 Å². The molecule has 3 aromatic carbocycles. The topological polar surface area (TPSA) is 37.9 Å². The third-order valence-electron chi connectivity index (χ3n) is 3.97. The summed E-state index contributed by atoms with van der Waals surface area (Å²) in [7, 11) is 0. The van der Waals surface area contributed by atoms with Crippen LogP contribution in [0.15, 0.2) is 60.7 Å².